The van der Waals surface area contributed by atoms with Crippen molar-refractivity contribution in [2.45, 2.75) is 31.7 Å². The predicted molar refractivity (Wildman–Crippen MR) is 103 cm³/mol. The lowest BCUT2D eigenvalue weighted by Crippen LogP contribution is -2.27. The fourth-order valence-corrected chi connectivity index (χ4v) is 4.64. The third kappa shape index (κ3) is 3.93. The maximum Gasteiger partial charge on any atom is 0.246 e. The van der Waals surface area contributed by atoms with E-state index in [0.717, 1.165) is 11.1 Å². The molecule has 3 rings (SSSR count). The molecule has 148 valence electrons. The van der Waals surface area contributed by atoms with Crippen LogP contribution in [-0.2, 0) is 10.0 Å². The van der Waals surface area contributed by atoms with Crippen molar-refractivity contribution in [2.24, 2.45) is 0 Å². The van der Waals surface area contributed by atoms with Crippen molar-refractivity contribution in [1.29, 1.82) is 0 Å². The van der Waals surface area contributed by atoms with Gasteiger partial charge in [-0.05, 0) is 50.1 Å². The number of aromatic nitrogens is 1. The van der Waals surface area contributed by atoms with E-state index in [9.17, 15) is 12.8 Å². The summed E-state index contributed by atoms with van der Waals surface area (Å²) in [5.74, 6) is 0.438. The highest BCUT2D eigenvalue weighted by Gasteiger charge is 2.26. The first kappa shape index (κ1) is 20.0. The van der Waals surface area contributed by atoms with E-state index in [1.807, 2.05) is 0 Å². The van der Waals surface area contributed by atoms with Crippen LogP contribution in [0, 0.1) is 19.7 Å². The lowest BCUT2D eigenvalue weighted by atomic mass is 10.0. The Kier molecular flexibility index (Phi) is 5.53. The molecule has 0 fully saturated rings. The number of nitrogens with one attached hydrogen (secondary N) is 1. The summed E-state index contributed by atoms with van der Waals surface area (Å²) in [6.07, 6.45) is 0. The largest absolute Gasteiger partial charge is 0.496 e. The average Bonchev–Trinajstić information content (AvgIpc) is 3.00. The molecule has 0 unspecified atom stereocenters. The summed E-state index contributed by atoms with van der Waals surface area (Å²) in [6, 6.07) is 11.0. The van der Waals surface area contributed by atoms with Gasteiger partial charge in [-0.1, -0.05) is 29.4 Å². The van der Waals surface area contributed by atoms with Crippen LogP contribution in [0.2, 0.25) is 0 Å². The first-order valence-corrected chi connectivity index (χ1v) is 10.1. The van der Waals surface area contributed by atoms with Crippen LogP contribution in [0.25, 0.3) is 11.1 Å². The Bertz CT molecular complexity index is 1070. The van der Waals surface area contributed by atoms with E-state index in [0.29, 0.717) is 17.0 Å². The molecule has 8 heteroatoms. The van der Waals surface area contributed by atoms with Gasteiger partial charge in [0.1, 0.15) is 22.2 Å². The number of sulfonamides is 1. The molecule has 6 nitrogen and oxygen atoms in total. The molecule has 0 radical (unpaired) electrons. The second-order valence-corrected chi connectivity index (χ2v) is 8.11. The Morgan fingerprint density at radius 1 is 1.14 bits per heavy atom. The number of hydrogen-bond acceptors (Lipinski definition) is 5. The van der Waals surface area contributed by atoms with Gasteiger partial charge in [0.05, 0.1) is 7.11 Å². The second-order valence-electron chi connectivity index (χ2n) is 6.46. The van der Waals surface area contributed by atoms with Crippen LogP contribution in [0.1, 0.15) is 30.0 Å². The summed E-state index contributed by atoms with van der Waals surface area (Å²) >= 11 is 0. The fourth-order valence-electron chi connectivity index (χ4n) is 3.08. The van der Waals surface area contributed by atoms with Gasteiger partial charge in [0, 0.05) is 11.6 Å². The molecule has 2 aromatic carbocycles. The summed E-state index contributed by atoms with van der Waals surface area (Å²) in [5.41, 5.74) is 2.46. The minimum absolute atomic E-state index is 0.0560. The molecule has 0 spiro atoms. The molecule has 1 N–H and O–H groups in total. The van der Waals surface area contributed by atoms with Crippen molar-refractivity contribution >= 4 is 10.0 Å². The monoisotopic (exact) mass is 404 g/mol. The molecule has 28 heavy (non-hydrogen) atoms. The molecule has 0 aliphatic heterocycles. The lowest BCUT2D eigenvalue weighted by molar-refractivity contribution is 0.390. The van der Waals surface area contributed by atoms with E-state index in [1.165, 1.54) is 19.2 Å². The molecule has 0 amide bonds. The molecule has 0 bridgehead atoms. The van der Waals surface area contributed by atoms with Gasteiger partial charge in [0.2, 0.25) is 10.0 Å². The number of benzene rings is 2. The van der Waals surface area contributed by atoms with Gasteiger partial charge in [-0.25, -0.2) is 17.5 Å². The highest BCUT2D eigenvalue weighted by atomic mass is 32.2. The van der Waals surface area contributed by atoms with Crippen molar-refractivity contribution in [3.05, 3.63) is 65.3 Å². The van der Waals surface area contributed by atoms with Gasteiger partial charge in [0.15, 0.2) is 5.76 Å². The van der Waals surface area contributed by atoms with Crippen LogP contribution >= 0.6 is 0 Å². The molecule has 0 aliphatic rings. The minimum Gasteiger partial charge on any atom is -0.496 e. The van der Waals surface area contributed by atoms with Crippen LogP contribution in [0.4, 0.5) is 4.39 Å². The number of hydrogen-bond donors (Lipinski definition) is 1. The Morgan fingerprint density at radius 2 is 1.82 bits per heavy atom. The van der Waals surface area contributed by atoms with E-state index in [4.69, 9.17) is 9.26 Å². The summed E-state index contributed by atoms with van der Waals surface area (Å²) in [6.45, 7) is 4.88. The maximum atomic E-state index is 13.6. The third-order valence-corrected chi connectivity index (χ3v) is 6.24. The molecule has 3 aromatic rings. The Labute approximate surface area is 163 Å². The smallest absolute Gasteiger partial charge is 0.246 e. The Morgan fingerprint density at radius 3 is 2.39 bits per heavy atom. The molecular formula is C20H21FN2O4S. The van der Waals surface area contributed by atoms with Crippen LogP contribution in [0.15, 0.2) is 51.9 Å². The highest BCUT2D eigenvalue weighted by molar-refractivity contribution is 7.89. The van der Waals surface area contributed by atoms with Gasteiger partial charge < -0.3 is 9.26 Å². The van der Waals surface area contributed by atoms with Crippen molar-refractivity contribution in [3.63, 3.8) is 0 Å². The molecule has 1 atom stereocenters. The Hall–Kier alpha value is -2.71. The molecule has 1 heterocycles. The third-order valence-electron chi connectivity index (χ3n) is 4.45. The lowest BCUT2D eigenvalue weighted by Gasteiger charge is -2.15. The quantitative estimate of drug-likeness (QED) is 0.668. The van der Waals surface area contributed by atoms with Gasteiger partial charge in [-0.2, -0.15) is 0 Å². The fraction of sp³-hybridized carbons (Fsp3) is 0.250. The van der Waals surface area contributed by atoms with E-state index >= 15 is 0 Å². The number of ether oxygens (including phenoxy) is 1. The number of aryl methyl sites for hydroxylation is 2. The van der Waals surface area contributed by atoms with Crippen molar-refractivity contribution < 1.29 is 22.1 Å². The highest BCUT2D eigenvalue weighted by Crippen LogP contribution is 2.31. The zero-order valence-electron chi connectivity index (χ0n) is 16.0. The molecule has 0 saturated heterocycles. The zero-order valence-corrected chi connectivity index (χ0v) is 16.8. The summed E-state index contributed by atoms with van der Waals surface area (Å²) in [7, 11) is -2.26. The summed E-state index contributed by atoms with van der Waals surface area (Å²) in [5, 5.41) is 3.69. The van der Waals surface area contributed by atoms with Gasteiger partial charge in [-0.15, -0.1) is 0 Å². The molecular weight excluding hydrogens is 383 g/mol. The van der Waals surface area contributed by atoms with Crippen molar-refractivity contribution in [1.82, 2.24) is 9.88 Å². The van der Waals surface area contributed by atoms with Crippen molar-refractivity contribution in [3.8, 4) is 16.9 Å². The number of halogens is 1. The van der Waals surface area contributed by atoms with Gasteiger partial charge in [0.25, 0.3) is 0 Å². The van der Waals surface area contributed by atoms with Gasteiger partial charge in [-0.3, -0.25) is 0 Å². The summed E-state index contributed by atoms with van der Waals surface area (Å²) in [4.78, 5) is 0.0560. The number of methoxy groups -OCH3 is 1. The molecule has 0 aliphatic carbocycles. The van der Waals surface area contributed by atoms with E-state index in [2.05, 4.69) is 9.88 Å². The minimum atomic E-state index is -3.78. The zero-order chi connectivity index (χ0) is 20.5. The van der Waals surface area contributed by atoms with Crippen LogP contribution in [-0.4, -0.2) is 20.7 Å². The van der Waals surface area contributed by atoms with E-state index < -0.39 is 16.1 Å². The molecule has 1 aromatic heterocycles. The second kappa shape index (κ2) is 7.73. The first-order valence-electron chi connectivity index (χ1n) is 8.62. The number of rotatable bonds is 6. The predicted octanol–water partition coefficient (Wildman–Crippen LogP) is 4.15. The Balaban J connectivity index is 1.85. The van der Waals surface area contributed by atoms with Crippen LogP contribution in [0.5, 0.6) is 5.75 Å². The van der Waals surface area contributed by atoms with Crippen LogP contribution < -0.4 is 9.46 Å². The molecule has 0 saturated carbocycles. The normalized spacial score (nSPS) is 12.8. The maximum absolute atomic E-state index is 13.6. The number of nitrogens with zero attached hydrogens (tertiary/aromatic N) is 1. The topological polar surface area (TPSA) is 81.4 Å². The standard InChI is InChI=1S/C20H21FN2O4S/c1-12(23-28(24,25)20-13(2)22-27-14(20)3)15-5-7-16(8-6-15)18-11-17(21)9-10-19(18)26-4/h5-12,23H,1-4H3/t12-/m0/s1. The van der Waals surface area contributed by atoms with E-state index in [1.54, 1.807) is 51.1 Å². The van der Waals surface area contributed by atoms with Crippen LogP contribution in [0.3, 0.4) is 0 Å². The average molecular weight is 404 g/mol. The first-order chi connectivity index (χ1) is 13.2. The van der Waals surface area contributed by atoms with Crippen molar-refractivity contribution in [2.75, 3.05) is 7.11 Å². The van der Waals surface area contributed by atoms with E-state index in [-0.39, 0.29) is 16.5 Å². The summed E-state index contributed by atoms with van der Waals surface area (Å²) < 4.78 is 51.8. The van der Waals surface area contributed by atoms with Gasteiger partial charge >= 0.3 is 0 Å². The SMILES string of the molecule is COc1ccc(F)cc1-c1ccc([C@H](C)NS(=O)(=O)c2c(C)noc2C)cc1.